The number of hydrogen-bond acceptors (Lipinski definition) is 4. The number of benzene rings is 1. The molecule has 1 amide bonds. The predicted molar refractivity (Wildman–Crippen MR) is 89.2 cm³/mol. The quantitative estimate of drug-likeness (QED) is 0.827. The van der Waals surface area contributed by atoms with Crippen molar-refractivity contribution in [2.45, 2.75) is 19.4 Å². The third kappa shape index (κ3) is 5.14. The second kappa shape index (κ2) is 8.59. The molecule has 5 nitrogen and oxygen atoms in total. The number of halogens is 2. The van der Waals surface area contributed by atoms with Crippen molar-refractivity contribution >= 4 is 23.2 Å². The third-order valence-corrected chi connectivity index (χ3v) is 4.49. The number of rotatable bonds is 6. The largest absolute Gasteiger partial charge is 0.395 e. The van der Waals surface area contributed by atoms with Crippen LogP contribution in [-0.4, -0.2) is 66.2 Å². The fourth-order valence-electron chi connectivity index (χ4n) is 2.77. The van der Waals surface area contributed by atoms with Crippen LogP contribution in [0.4, 0.5) is 10.1 Å². The predicted octanol–water partition coefficient (Wildman–Crippen LogP) is 1.81. The monoisotopic (exact) mass is 343 g/mol. The Balaban J connectivity index is 1.81. The van der Waals surface area contributed by atoms with E-state index in [0.29, 0.717) is 5.69 Å². The molecule has 0 aliphatic carbocycles. The van der Waals surface area contributed by atoms with E-state index in [0.717, 1.165) is 32.6 Å². The number of anilines is 1. The van der Waals surface area contributed by atoms with Crippen molar-refractivity contribution in [3.63, 3.8) is 0 Å². The van der Waals surface area contributed by atoms with Crippen molar-refractivity contribution < 1.29 is 14.3 Å². The van der Waals surface area contributed by atoms with Gasteiger partial charge in [0.25, 0.3) is 0 Å². The summed E-state index contributed by atoms with van der Waals surface area (Å²) in [6.07, 6.45) is 0.917. The fourth-order valence-corrected chi connectivity index (χ4v) is 2.99. The van der Waals surface area contributed by atoms with Gasteiger partial charge in [-0.25, -0.2) is 4.39 Å². The zero-order valence-corrected chi connectivity index (χ0v) is 14.0. The van der Waals surface area contributed by atoms with Gasteiger partial charge >= 0.3 is 0 Å². The van der Waals surface area contributed by atoms with Gasteiger partial charge in [0.05, 0.1) is 23.9 Å². The molecule has 0 spiro atoms. The Hall–Kier alpha value is -1.21. The molecular formula is C16H23ClFN3O2. The lowest BCUT2D eigenvalue weighted by molar-refractivity contribution is -0.117. The Bertz CT molecular complexity index is 532. The lowest BCUT2D eigenvalue weighted by Crippen LogP contribution is -2.52. The number of piperazine rings is 1. The first-order chi connectivity index (χ1) is 11.0. The van der Waals surface area contributed by atoms with Crippen LogP contribution < -0.4 is 5.32 Å². The Morgan fingerprint density at radius 3 is 2.65 bits per heavy atom. The minimum absolute atomic E-state index is 0.166. The van der Waals surface area contributed by atoms with E-state index in [1.807, 2.05) is 0 Å². The highest BCUT2D eigenvalue weighted by molar-refractivity contribution is 6.33. The molecule has 0 saturated carbocycles. The van der Waals surface area contributed by atoms with Gasteiger partial charge in [-0.05, 0) is 24.6 Å². The number of carbonyl (C=O) groups excluding carboxylic acids is 1. The van der Waals surface area contributed by atoms with E-state index in [-0.39, 0.29) is 30.1 Å². The molecule has 0 radical (unpaired) electrons. The summed E-state index contributed by atoms with van der Waals surface area (Å²) in [5.41, 5.74) is 0.419. The van der Waals surface area contributed by atoms with Gasteiger partial charge in [0.15, 0.2) is 0 Å². The average molecular weight is 344 g/mol. The van der Waals surface area contributed by atoms with Crippen LogP contribution >= 0.6 is 11.6 Å². The summed E-state index contributed by atoms with van der Waals surface area (Å²) in [5, 5.41) is 12.2. The van der Waals surface area contributed by atoms with Gasteiger partial charge in [-0.15, -0.1) is 0 Å². The Morgan fingerprint density at radius 1 is 1.39 bits per heavy atom. The van der Waals surface area contributed by atoms with Crippen molar-refractivity contribution in [2.75, 3.05) is 44.6 Å². The highest BCUT2D eigenvalue weighted by Gasteiger charge is 2.23. The summed E-state index contributed by atoms with van der Waals surface area (Å²) in [5.74, 6) is -0.598. The lowest BCUT2D eigenvalue weighted by Gasteiger charge is -2.38. The molecule has 1 heterocycles. The van der Waals surface area contributed by atoms with Gasteiger partial charge in [-0.1, -0.05) is 18.5 Å². The fraction of sp³-hybridized carbons (Fsp3) is 0.562. The van der Waals surface area contributed by atoms with Crippen LogP contribution in [0.5, 0.6) is 0 Å². The van der Waals surface area contributed by atoms with Gasteiger partial charge in [-0.3, -0.25) is 14.6 Å². The lowest BCUT2D eigenvalue weighted by atomic mass is 10.1. The van der Waals surface area contributed by atoms with Crippen LogP contribution in [0.3, 0.4) is 0 Å². The van der Waals surface area contributed by atoms with Gasteiger partial charge < -0.3 is 10.4 Å². The topological polar surface area (TPSA) is 55.8 Å². The number of aliphatic hydroxyl groups excluding tert-OH is 1. The highest BCUT2D eigenvalue weighted by atomic mass is 35.5. The number of hydrogen-bond donors (Lipinski definition) is 2. The highest BCUT2D eigenvalue weighted by Crippen LogP contribution is 2.22. The van der Waals surface area contributed by atoms with E-state index in [1.165, 1.54) is 18.2 Å². The SMILES string of the molecule is CCC(CO)N1CCN(CC(=O)Nc2ccc(F)cc2Cl)CC1. The molecule has 1 aromatic carbocycles. The molecule has 2 rings (SSSR count). The number of aliphatic hydroxyl groups is 1. The Labute approximate surface area is 141 Å². The molecule has 1 saturated heterocycles. The molecule has 128 valence electrons. The molecule has 1 aliphatic heterocycles. The summed E-state index contributed by atoms with van der Waals surface area (Å²) in [4.78, 5) is 16.4. The summed E-state index contributed by atoms with van der Waals surface area (Å²) >= 11 is 5.90. The van der Waals surface area contributed by atoms with Crippen molar-refractivity contribution in [1.29, 1.82) is 0 Å². The zero-order chi connectivity index (χ0) is 16.8. The standard InChI is InChI=1S/C16H23ClFN3O2/c1-2-13(11-22)21-7-5-20(6-8-21)10-16(23)19-15-4-3-12(18)9-14(15)17/h3-4,9,13,22H,2,5-8,10-11H2,1H3,(H,19,23). The molecule has 1 aromatic rings. The molecule has 23 heavy (non-hydrogen) atoms. The maximum atomic E-state index is 13.0. The van der Waals surface area contributed by atoms with Crippen LogP contribution in [-0.2, 0) is 4.79 Å². The molecule has 7 heteroatoms. The number of carbonyl (C=O) groups is 1. The van der Waals surface area contributed by atoms with Gasteiger partial charge in [0.2, 0.25) is 5.91 Å². The Kier molecular flexibility index (Phi) is 6.77. The van der Waals surface area contributed by atoms with Gasteiger partial charge in [0.1, 0.15) is 5.82 Å². The normalized spacial score (nSPS) is 17.9. The first kappa shape index (κ1) is 18.1. The molecule has 1 atom stereocenters. The second-order valence-corrected chi connectivity index (χ2v) is 6.14. The van der Waals surface area contributed by atoms with Crippen LogP contribution in [0.1, 0.15) is 13.3 Å². The summed E-state index contributed by atoms with van der Waals surface area (Å²) in [6, 6.07) is 4.10. The zero-order valence-electron chi connectivity index (χ0n) is 13.3. The van der Waals surface area contributed by atoms with Crippen molar-refractivity contribution in [3.05, 3.63) is 29.0 Å². The maximum Gasteiger partial charge on any atom is 0.238 e. The third-order valence-electron chi connectivity index (χ3n) is 4.18. The molecule has 1 fully saturated rings. The van der Waals surface area contributed by atoms with Crippen LogP contribution in [0.2, 0.25) is 5.02 Å². The molecule has 2 N–H and O–H groups in total. The van der Waals surface area contributed by atoms with Gasteiger partial charge in [-0.2, -0.15) is 0 Å². The van der Waals surface area contributed by atoms with Gasteiger partial charge in [0, 0.05) is 32.2 Å². The molecular weight excluding hydrogens is 321 g/mol. The minimum atomic E-state index is -0.432. The smallest absolute Gasteiger partial charge is 0.238 e. The maximum absolute atomic E-state index is 13.0. The van der Waals surface area contributed by atoms with Crippen LogP contribution in [0.25, 0.3) is 0 Å². The van der Waals surface area contributed by atoms with E-state index in [1.54, 1.807) is 0 Å². The van der Waals surface area contributed by atoms with E-state index in [2.05, 4.69) is 22.0 Å². The summed E-state index contributed by atoms with van der Waals surface area (Å²) in [7, 11) is 0. The first-order valence-corrected chi connectivity index (χ1v) is 8.23. The number of nitrogens with one attached hydrogen (secondary N) is 1. The van der Waals surface area contributed by atoms with Crippen molar-refractivity contribution in [1.82, 2.24) is 9.80 Å². The van der Waals surface area contributed by atoms with E-state index >= 15 is 0 Å². The number of nitrogens with zero attached hydrogens (tertiary/aromatic N) is 2. The summed E-state index contributed by atoms with van der Waals surface area (Å²) < 4.78 is 13.0. The summed E-state index contributed by atoms with van der Waals surface area (Å²) in [6.45, 7) is 5.74. The minimum Gasteiger partial charge on any atom is -0.395 e. The van der Waals surface area contributed by atoms with Crippen LogP contribution in [0.15, 0.2) is 18.2 Å². The molecule has 1 aliphatic rings. The molecule has 0 bridgehead atoms. The van der Waals surface area contributed by atoms with E-state index in [4.69, 9.17) is 11.6 Å². The van der Waals surface area contributed by atoms with E-state index in [9.17, 15) is 14.3 Å². The second-order valence-electron chi connectivity index (χ2n) is 5.73. The van der Waals surface area contributed by atoms with Crippen LogP contribution in [0, 0.1) is 5.82 Å². The average Bonchev–Trinajstić information content (AvgIpc) is 2.53. The Morgan fingerprint density at radius 2 is 2.09 bits per heavy atom. The molecule has 0 aromatic heterocycles. The van der Waals surface area contributed by atoms with Crippen molar-refractivity contribution in [3.8, 4) is 0 Å². The first-order valence-electron chi connectivity index (χ1n) is 7.85. The number of amides is 1. The van der Waals surface area contributed by atoms with E-state index < -0.39 is 5.82 Å². The van der Waals surface area contributed by atoms with Crippen molar-refractivity contribution in [2.24, 2.45) is 0 Å². The molecule has 1 unspecified atom stereocenters.